The molecule has 1 unspecified atom stereocenters. The van der Waals surface area contributed by atoms with Crippen LogP contribution in [0.1, 0.15) is 6.42 Å². The van der Waals surface area contributed by atoms with Crippen LogP contribution in [0.4, 0.5) is 0 Å². The summed E-state index contributed by atoms with van der Waals surface area (Å²) in [5.74, 6) is 0.864. The van der Waals surface area contributed by atoms with Crippen LogP contribution >= 0.6 is 0 Å². The largest absolute Gasteiger partial charge is 0.497 e. The molecule has 1 radical (unpaired) electrons. The van der Waals surface area contributed by atoms with Crippen molar-refractivity contribution >= 4 is 0 Å². The molecule has 0 saturated heterocycles. The van der Waals surface area contributed by atoms with Crippen LogP contribution < -0.4 is 5.73 Å². The van der Waals surface area contributed by atoms with E-state index in [4.69, 9.17) is 15.2 Å². The second-order valence-electron chi connectivity index (χ2n) is 2.81. The van der Waals surface area contributed by atoms with Gasteiger partial charge < -0.3 is 15.2 Å². The van der Waals surface area contributed by atoms with Crippen LogP contribution in [0.15, 0.2) is 24.0 Å². The molecule has 1 aliphatic carbocycles. The molecule has 0 saturated carbocycles. The van der Waals surface area contributed by atoms with Gasteiger partial charge in [0.05, 0.1) is 19.1 Å². The highest BCUT2D eigenvalue weighted by molar-refractivity contribution is 5.25. The Labute approximate surface area is 79.2 Å². The summed E-state index contributed by atoms with van der Waals surface area (Å²) in [6, 6.07) is 0. The fourth-order valence-corrected chi connectivity index (χ4v) is 1.05. The highest BCUT2D eigenvalue weighted by Crippen LogP contribution is 2.14. The van der Waals surface area contributed by atoms with Gasteiger partial charge in [-0.3, -0.25) is 0 Å². The minimum Gasteiger partial charge on any atom is -0.497 e. The molecule has 3 heteroatoms. The maximum absolute atomic E-state index is 5.45. The molecule has 3 nitrogen and oxygen atoms in total. The first-order chi connectivity index (χ1) is 6.36. The Morgan fingerprint density at radius 3 is 3.08 bits per heavy atom. The molecule has 0 bridgehead atoms. The Bertz CT molecular complexity index is 199. The lowest BCUT2D eigenvalue weighted by Crippen LogP contribution is -2.14. The molecule has 2 N–H and O–H groups in total. The van der Waals surface area contributed by atoms with Crippen LogP contribution in [0.5, 0.6) is 0 Å². The van der Waals surface area contributed by atoms with Crippen molar-refractivity contribution in [3.8, 4) is 0 Å². The first kappa shape index (κ1) is 10.3. The summed E-state index contributed by atoms with van der Waals surface area (Å²) in [5.41, 5.74) is 5.35. The van der Waals surface area contributed by atoms with E-state index in [2.05, 4.69) is 0 Å². The number of methoxy groups -OCH3 is 1. The topological polar surface area (TPSA) is 44.5 Å². The SMILES string of the molecule is COC1[CH]C(OCCCN)=CC=C1. The minimum absolute atomic E-state index is 0.0397. The second-order valence-corrected chi connectivity index (χ2v) is 2.81. The van der Waals surface area contributed by atoms with Gasteiger partial charge >= 0.3 is 0 Å². The van der Waals surface area contributed by atoms with Crippen molar-refractivity contribution < 1.29 is 9.47 Å². The van der Waals surface area contributed by atoms with E-state index in [9.17, 15) is 0 Å². The van der Waals surface area contributed by atoms with Gasteiger partial charge in [0, 0.05) is 7.11 Å². The Morgan fingerprint density at radius 1 is 1.54 bits per heavy atom. The molecule has 0 amide bonds. The molecule has 0 fully saturated rings. The van der Waals surface area contributed by atoms with Gasteiger partial charge in [-0.25, -0.2) is 0 Å². The van der Waals surface area contributed by atoms with Crippen LogP contribution in [-0.4, -0.2) is 26.4 Å². The van der Waals surface area contributed by atoms with Crippen LogP contribution in [-0.2, 0) is 9.47 Å². The number of nitrogens with two attached hydrogens (primary N) is 1. The van der Waals surface area contributed by atoms with Gasteiger partial charge in [0.25, 0.3) is 0 Å². The number of rotatable bonds is 5. The normalized spacial score (nSPS) is 21.4. The molecule has 1 atom stereocenters. The van der Waals surface area contributed by atoms with Gasteiger partial charge in [0.15, 0.2) is 0 Å². The van der Waals surface area contributed by atoms with Crippen molar-refractivity contribution in [2.24, 2.45) is 5.73 Å². The summed E-state index contributed by atoms with van der Waals surface area (Å²) in [5, 5.41) is 0. The van der Waals surface area contributed by atoms with Crippen LogP contribution in [0.2, 0.25) is 0 Å². The zero-order valence-electron chi connectivity index (χ0n) is 7.90. The summed E-state index contributed by atoms with van der Waals surface area (Å²) in [4.78, 5) is 0. The van der Waals surface area contributed by atoms with Crippen molar-refractivity contribution in [2.75, 3.05) is 20.3 Å². The molecule has 0 aromatic heterocycles. The first-order valence-corrected chi connectivity index (χ1v) is 4.46. The summed E-state index contributed by atoms with van der Waals surface area (Å²) in [6.07, 6.45) is 8.69. The molecule has 13 heavy (non-hydrogen) atoms. The lowest BCUT2D eigenvalue weighted by Gasteiger charge is -2.17. The van der Waals surface area contributed by atoms with Gasteiger partial charge in [0.2, 0.25) is 0 Å². The first-order valence-electron chi connectivity index (χ1n) is 4.46. The van der Waals surface area contributed by atoms with Gasteiger partial charge in [0.1, 0.15) is 5.76 Å². The molecule has 1 rings (SSSR count). The van der Waals surface area contributed by atoms with E-state index in [0.29, 0.717) is 13.2 Å². The van der Waals surface area contributed by atoms with E-state index in [-0.39, 0.29) is 6.10 Å². The predicted octanol–water partition coefficient (Wildman–Crippen LogP) is 1.02. The van der Waals surface area contributed by atoms with Crippen molar-refractivity contribution in [3.63, 3.8) is 0 Å². The zero-order valence-corrected chi connectivity index (χ0v) is 7.90. The Balaban J connectivity index is 2.26. The van der Waals surface area contributed by atoms with Crippen molar-refractivity contribution in [2.45, 2.75) is 12.5 Å². The van der Waals surface area contributed by atoms with E-state index >= 15 is 0 Å². The van der Waals surface area contributed by atoms with Gasteiger partial charge in [-0.15, -0.1) is 0 Å². The Kier molecular flexibility index (Phi) is 4.57. The standard InChI is InChI=1S/C10H16NO2/c1-12-9-4-2-5-10(8-9)13-7-3-6-11/h2,4-5,8-9H,3,6-7,11H2,1H3. The highest BCUT2D eigenvalue weighted by Gasteiger charge is 2.11. The molecule has 1 aliphatic rings. The Hall–Kier alpha value is -0.800. The van der Waals surface area contributed by atoms with Gasteiger partial charge in [-0.2, -0.15) is 0 Å². The van der Waals surface area contributed by atoms with Gasteiger partial charge in [-0.1, -0.05) is 12.2 Å². The average Bonchev–Trinajstić information content (AvgIpc) is 2.19. The fourth-order valence-electron chi connectivity index (χ4n) is 1.05. The summed E-state index contributed by atoms with van der Waals surface area (Å²) in [6.45, 7) is 1.33. The Morgan fingerprint density at radius 2 is 2.38 bits per heavy atom. The van der Waals surface area contributed by atoms with E-state index in [1.807, 2.05) is 24.6 Å². The quantitative estimate of drug-likeness (QED) is 0.646. The number of allylic oxidation sites excluding steroid dienone is 2. The van der Waals surface area contributed by atoms with Gasteiger partial charge in [-0.05, 0) is 19.0 Å². The smallest absolute Gasteiger partial charge is 0.103 e. The molecule has 0 aliphatic heterocycles. The van der Waals surface area contributed by atoms with Crippen LogP contribution in [0, 0.1) is 6.42 Å². The van der Waals surface area contributed by atoms with E-state index in [0.717, 1.165) is 12.2 Å². The fraction of sp³-hybridized carbons (Fsp3) is 0.500. The molecule has 0 heterocycles. The third-order valence-corrected chi connectivity index (χ3v) is 1.78. The van der Waals surface area contributed by atoms with Crippen molar-refractivity contribution in [1.82, 2.24) is 0 Å². The predicted molar refractivity (Wildman–Crippen MR) is 51.9 cm³/mol. The maximum Gasteiger partial charge on any atom is 0.103 e. The minimum atomic E-state index is 0.0397. The maximum atomic E-state index is 5.45. The van der Waals surface area contributed by atoms with E-state index < -0.39 is 0 Å². The number of hydrogen-bond acceptors (Lipinski definition) is 3. The molecule has 73 valence electrons. The monoisotopic (exact) mass is 182 g/mol. The lowest BCUT2D eigenvalue weighted by atomic mass is 10.1. The van der Waals surface area contributed by atoms with Crippen LogP contribution in [0.3, 0.4) is 0 Å². The number of ether oxygens (including phenoxy) is 2. The summed E-state index contributed by atoms with van der Waals surface area (Å²) < 4.78 is 10.6. The molecule has 0 spiro atoms. The summed E-state index contributed by atoms with van der Waals surface area (Å²) >= 11 is 0. The molecular formula is C10H16NO2. The van der Waals surface area contributed by atoms with Crippen molar-refractivity contribution in [1.29, 1.82) is 0 Å². The third kappa shape index (κ3) is 3.61. The average molecular weight is 182 g/mol. The van der Waals surface area contributed by atoms with Crippen molar-refractivity contribution in [3.05, 3.63) is 30.4 Å². The lowest BCUT2D eigenvalue weighted by molar-refractivity contribution is 0.145. The third-order valence-electron chi connectivity index (χ3n) is 1.78. The summed E-state index contributed by atoms with van der Waals surface area (Å²) in [7, 11) is 1.67. The van der Waals surface area contributed by atoms with E-state index in [1.165, 1.54) is 0 Å². The van der Waals surface area contributed by atoms with E-state index in [1.54, 1.807) is 7.11 Å². The second kappa shape index (κ2) is 5.78. The molecule has 0 aromatic rings. The highest BCUT2D eigenvalue weighted by atomic mass is 16.5. The zero-order chi connectivity index (χ0) is 9.52. The molecule has 0 aromatic carbocycles. The van der Waals surface area contributed by atoms with Crippen LogP contribution in [0.25, 0.3) is 0 Å². The number of hydrogen-bond donors (Lipinski definition) is 1. The molecular weight excluding hydrogens is 166 g/mol.